The van der Waals surface area contributed by atoms with Crippen LogP contribution in [0.2, 0.25) is 0 Å². The maximum atomic E-state index is 12.5. The van der Waals surface area contributed by atoms with Gasteiger partial charge in [0.25, 0.3) is 15.0 Å². The molecule has 0 unspecified atom stereocenters. The number of aryl methyl sites for hydroxylation is 1. The van der Waals surface area contributed by atoms with Crippen molar-refractivity contribution in [3.63, 3.8) is 0 Å². The van der Waals surface area contributed by atoms with Crippen molar-refractivity contribution in [1.82, 2.24) is 4.90 Å². The van der Waals surface area contributed by atoms with E-state index < -0.39 is 9.05 Å². The summed E-state index contributed by atoms with van der Waals surface area (Å²) in [6.07, 6.45) is 2.37. The van der Waals surface area contributed by atoms with Gasteiger partial charge in [-0.25, -0.2) is 8.42 Å². The van der Waals surface area contributed by atoms with Gasteiger partial charge in [-0.15, -0.1) is 0 Å². The first kappa shape index (κ1) is 15.3. The van der Waals surface area contributed by atoms with E-state index in [-0.39, 0.29) is 10.8 Å². The Morgan fingerprint density at radius 1 is 1.40 bits per heavy atom. The van der Waals surface area contributed by atoms with Gasteiger partial charge >= 0.3 is 0 Å². The Kier molecular flexibility index (Phi) is 4.39. The largest absolute Gasteiger partial charge is 0.339 e. The molecule has 0 bridgehead atoms. The van der Waals surface area contributed by atoms with Gasteiger partial charge in [0.05, 0.1) is 4.90 Å². The predicted octanol–water partition coefficient (Wildman–Crippen LogP) is 2.79. The molecular formula is C14H18ClNO3S. The van der Waals surface area contributed by atoms with Crippen molar-refractivity contribution < 1.29 is 13.2 Å². The van der Waals surface area contributed by atoms with Gasteiger partial charge in [0.1, 0.15) is 0 Å². The first-order valence-electron chi connectivity index (χ1n) is 6.67. The summed E-state index contributed by atoms with van der Waals surface area (Å²) in [5.41, 5.74) is 1.17. The average Bonchev–Trinajstić information content (AvgIpc) is 3.18. The summed E-state index contributed by atoms with van der Waals surface area (Å²) in [6.45, 7) is 5.12. The van der Waals surface area contributed by atoms with Crippen molar-refractivity contribution in [2.24, 2.45) is 5.92 Å². The van der Waals surface area contributed by atoms with Crippen molar-refractivity contribution in [3.8, 4) is 0 Å². The third kappa shape index (κ3) is 3.52. The van der Waals surface area contributed by atoms with E-state index in [1.165, 1.54) is 25.0 Å². The highest BCUT2D eigenvalue weighted by molar-refractivity contribution is 8.13. The molecule has 0 radical (unpaired) electrons. The molecule has 1 saturated carbocycles. The summed E-state index contributed by atoms with van der Waals surface area (Å²) >= 11 is 0. The van der Waals surface area contributed by atoms with E-state index in [2.05, 4.69) is 0 Å². The number of amides is 1. The van der Waals surface area contributed by atoms with Crippen molar-refractivity contribution in [1.29, 1.82) is 0 Å². The van der Waals surface area contributed by atoms with E-state index in [9.17, 15) is 13.2 Å². The molecule has 110 valence electrons. The van der Waals surface area contributed by atoms with Crippen LogP contribution in [-0.2, 0) is 9.05 Å². The van der Waals surface area contributed by atoms with Crippen LogP contribution in [0.25, 0.3) is 0 Å². The van der Waals surface area contributed by atoms with Gasteiger partial charge in [-0.1, -0.05) is 0 Å². The van der Waals surface area contributed by atoms with Crippen LogP contribution in [0.3, 0.4) is 0 Å². The number of nitrogens with zero attached hydrogens (tertiary/aromatic N) is 1. The summed E-state index contributed by atoms with van der Waals surface area (Å²) in [5, 5.41) is 0. The molecule has 0 aromatic heterocycles. The number of hydrogen-bond donors (Lipinski definition) is 0. The van der Waals surface area contributed by atoms with E-state index in [0.717, 1.165) is 6.54 Å². The molecule has 0 atom stereocenters. The lowest BCUT2D eigenvalue weighted by Crippen LogP contribution is -2.33. The first-order valence-corrected chi connectivity index (χ1v) is 8.98. The molecule has 1 amide bonds. The van der Waals surface area contributed by atoms with Crippen LogP contribution in [0.4, 0.5) is 0 Å². The van der Waals surface area contributed by atoms with Gasteiger partial charge in [0.15, 0.2) is 0 Å². The van der Waals surface area contributed by atoms with Crippen LogP contribution < -0.4 is 0 Å². The van der Waals surface area contributed by atoms with E-state index >= 15 is 0 Å². The zero-order valence-electron chi connectivity index (χ0n) is 11.6. The summed E-state index contributed by atoms with van der Waals surface area (Å²) in [4.78, 5) is 14.3. The maximum Gasteiger partial charge on any atom is 0.261 e. The minimum Gasteiger partial charge on any atom is -0.339 e. The van der Waals surface area contributed by atoms with Gasteiger partial charge in [-0.3, -0.25) is 4.79 Å². The maximum absolute atomic E-state index is 12.5. The van der Waals surface area contributed by atoms with E-state index in [0.29, 0.717) is 23.6 Å². The van der Waals surface area contributed by atoms with Crippen LogP contribution in [0.1, 0.15) is 35.7 Å². The Morgan fingerprint density at radius 2 is 2.05 bits per heavy atom. The zero-order chi connectivity index (χ0) is 14.9. The summed E-state index contributed by atoms with van der Waals surface area (Å²) < 4.78 is 22.6. The third-order valence-corrected chi connectivity index (χ3v) is 4.91. The highest BCUT2D eigenvalue weighted by Crippen LogP contribution is 2.30. The normalized spacial score (nSPS) is 15.2. The molecule has 0 N–H and O–H groups in total. The molecule has 0 spiro atoms. The predicted molar refractivity (Wildman–Crippen MR) is 78.5 cm³/mol. The molecule has 6 heteroatoms. The zero-order valence-corrected chi connectivity index (χ0v) is 13.2. The number of halogens is 1. The lowest BCUT2D eigenvalue weighted by atomic mass is 10.1. The second-order valence-corrected chi connectivity index (χ2v) is 7.77. The Hall–Kier alpha value is -1.07. The SMILES string of the molecule is CCN(CC1CC1)C(=O)c1ccc(S(=O)(=O)Cl)cc1C. The topological polar surface area (TPSA) is 54.5 Å². The molecular weight excluding hydrogens is 298 g/mol. The van der Waals surface area contributed by atoms with Crippen LogP contribution in [0.15, 0.2) is 23.1 Å². The molecule has 20 heavy (non-hydrogen) atoms. The lowest BCUT2D eigenvalue weighted by molar-refractivity contribution is 0.0756. The molecule has 2 rings (SSSR count). The van der Waals surface area contributed by atoms with Crippen LogP contribution in [0.5, 0.6) is 0 Å². The first-order chi connectivity index (χ1) is 9.32. The van der Waals surface area contributed by atoms with E-state index in [1.54, 1.807) is 13.0 Å². The standard InChI is InChI=1S/C14H18ClNO3S/c1-3-16(9-11-4-5-11)14(17)13-7-6-12(8-10(13)2)20(15,18)19/h6-8,11H,3-5,9H2,1-2H3. The molecule has 1 fully saturated rings. The van der Waals surface area contributed by atoms with Crippen molar-refractivity contribution in [2.75, 3.05) is 13.1 Å². The number of rotatable bonds is 5. The Morgan fingerprint density at radius 3 is 2.50 bits per heavy atom. The average molecular weight is 316 g/mol. The van der Waals surface area contributed by atoms with Crippen LogP contribution >= 0.6 is 10.7 Å². The fourth-order valence-electron chi connectivity index (χ4n) is 2.17. The van der Waals surface area contributed by atoms with E-state index in [4.69, 9.17) is 10.7 Å². The van der Waals surface area contributed by atoms with Crippen LogP contribution in [0, 0.1) is 12.8 Å². The van der Waals surface area contributed by atoms with Crippen molar-refractivity contribution in [3.05, 3.63) is 29.3 Å². The second kappa shape index (κ2) is 5.74. The van der Waals surface area contributed by atoms with Gasteiger partial charge in [-0.05, 0) is 56.4 Å². The smallest absolute Gasteiger partial charge is 0.261 e. The molecule has 1 aliphatic carbocycles. The van der Waals surface area contributed by atoms with Gasteiger partial charge in [0.2, 0.25) is 0 Å². The lowest BCUT2D eigenvalue weighted by Gasteiger charge is -2.21. The fourth-order valence-corrected chi connectivity index (χ4v) is 3.00. The van der Waals surface area contributed by atoms with Gasteiger partial charge < -0.3 is 4.90 Å². The minimum absolute atomic E-state index is 0.0264. The van der Waals surface area contributed by atoms with Crippen LogP contribution in [-0.4, -0.2) is 32.3 Å². The molecule has 4 nitrogen and oxygen atoms in total. The highest BCUT2D eigenvalue weighted by Gasteiger charge is 2.27. The number of carbonyl (C=O) groups excluding carboxylic acids is 1. The number of hydrogen-bond acceptors (Lipinski definition) is 3. The van der Waals surface area contributed by atoms with Gasteiger partial charge in [-0.2, -0.15) is 0 Å². The number of carbonyl (C=O) groups is 1. The summed E-state index contributed by atoms with van der Waals surface area (Å²) in [6, 6.07) is 4.37. The molecule has 1 aromatic rings. The fraction of sp³-hybridized carbons (Fsp3) is 0.500. The minimum atomic E-state index is -3.76. The Labute approximate surface area is 124 Å². The molecule has 1 aromatic carbocycles. The van der Waals surface area contributed by atoms with Gasteiger partial charge in [0, 0.05) is 29.3 Å². The molecule has 1 aliphatic rings. The van der Waals surface area contributed by atoms with Crippen molar-refractivity contribution >= 4 is 25.6 Å². The third-order valence-electron chi connectivity index (χ3n) is 3.55. The Bertz CT molecular complexity index is 623. The Balaban J connectivity index is 2.25. The molecule has 0 aliphatic heterocycles. The quantitative estimate of drug-likeness (QED) is 0.785. The highest BCUT2D eigenvalue weighted by atomic mass is 35.7. The van der Waals surface area contributed by atoms with Crippen molar-refractivity contribution in [2.45, 2.75) is 31.6 Å². The summed E-state index contributed by atoms with van der Waals surface area (Å²) in [7, 11) is 1.55. The summed E-state index contributed by atoms with van der Waals surface area (Å²) in [5.74, 6) is 0.581. The van der Waals surface area contributed by atoms with E-state index in [1.807, 2.05) is 11.8 Å². The number of benzene rings is 1. The monoisotopic (exact) mass is 315 g/mol. The second-order valence-electron chi connectivity index (χ2n) is 5.20. The molecule has 0 heterocycles. The molecule has 0 saturated heterocycles.